The van der Waals surface area contributed by atoms with Gasteiger partial charge in [0.05, 0.1) is 6.54 Å². The van der Waals surface area contributed by atoms with Gasteiger partial charge < -0.3 is 5.32 Å². The Morgan fingerprint density at radius 2 is 2.20 bits per heavy atom. The van der Waals surface area contributed by atoms with Crippen LogP contribution in [0.15, 0.2) is 18.5 Å². The van der Waals surface area contributed by atoms with Crippen LogP contribution in [0.5, 0.6) is 0 Å². The number of carbonyl (C=O) groups is 1. The van der Waals surface area contributed by atoms with Gasteiger partial charge in [-0.2, -0.15) is 5.10 Å². The normalized spacial score (nSPS) is 12.8. The first-order valence-corrected chi connectivity index (χ1v) is 5.34. The maximum absolute atomic E-state index is 11.5. The fourth-order valence-corrected chi connectivity index (χ4v) is 1.44. The summed E-state index contributed by atoms with van der Waals surface area (Å²) in [6.07, 6.45) is 4.22. The van der Waals surface area contributed by atoms with E-state index in [0.717, 1.165) is 6.54 Å². The highest BCUT2D eigenvalue weighted by molar-refractivity contribution is 5.76. The van der Waals surface area contributed by atoms with Crippen molar-refractivity contribution in [3.05, 3.63) is 18.5 Å². The number of carbonyl (C=O) groups excluding carboxylic acids is 1. The second kappa shape index (κ2) is 5.53. The Balaban J connectivity index is 2.29. The molecule has 0 saturated heterocycles. The van der Waals surface area contributed by atoms with Gasteiger partial charge in [-0.1, -0.05) is 13.8 Å². The number of nitrogens with one attached hydrogen (secondary N) is 1. The van der Waals surface area contributed by atoms with Crippen LogP contribution in [0.25, 0.3) is 0 Å². The molecule has 84 valence electrons. The van der Waals surface area contributed by atoms with E-state index in [1.54, 1.807) is 6.20 Å². The summed E-state index contributed by atoms with van der Waals surface area (Å²) >= 11 is 0. The zero-order valence-electron chi connectivity index (χ0n) is 9.60. The van der Waals surface area contributed by atoms with Crippen molar-refractivity contribution in [2.75, 3.05) is 0 Å². The first kappa shape index (κ1) is 11.8. The number of nitrogens with zero attached hydrogens (tertiary/aromatic N) is 2. The third-order valence-corrected chi connectivity index (χ3v) is 2.02. The molecule has 1 unspecified atom stereocenters. The van der Waals surface area contributed by atoms with Crippen LogP contribution in [0, 0.1) is 5.92 Å². The molecule has 0 aliphatic carbocycles. The number of hydrogen-bond donors (Lipinski definition) is 1. The van der Waals surface area contributed by atoms with Crippen molar-refractivity contribution in [2.24, 2.45) is 5.92 Å². The SMILES string of the molecule is CC(C)CC(=O)NC(C)Cn1cccn1. The molecule has 1 atom stereocenters. The van der Waals surface area contributed by atoms with Gasteiger partial charge in [-0.3, -0.25) is 9.48 Å². The van der Waals surface area contributed by atoms with Gasteiger partial charge in [-0.15, -0.1) is 0 Å². The molecular weight excluding hydrogens is 190 g/mol. The van der Waals surface area contributed by atoms with Crippen molar-refractivity contribution in [1.82, 2.24) is 15.1 Å². The summed E-state index contributed by atoms with van der Waals surface area (Å²) in [5.41, 5.74) is 0. The second-order valence-corrected chi connectivity index (χ2v) is 4.29. The highest BCUT2D eigenvalue weighted by Gasteiger charge is 2.09. The number of hydrogen-bond acceptors (Lipinski definition) is 2. The fraction of sp³-hybridized carbons (Fsp3) is 0.636. The molecule has 1 aromatic rings. The van der Waals surface area contributed by atoms with Crippen molar-refractivity contribution < 1.29 is 4.79 Å². The van der Waals surface area contributed by atoms with Crippen molar-refractivity contribution in [3.63, 3.8) is 0 Å². The molecule has 15 heavy (non-hydrogen) atoms. The van der Waals surface area contributed by atoms with E-state index >= 15 is 0 Å². The molecule has 1 rings (SSSR count). The fourth-order valence-electron chi connectivity index (χ4n) is 1.44. The second-order valence-electron chi connectivity index (χ2n) is 4.29. The number of aromatic nitrogens is 2. The molecule has 1 amide bonds. The lowest BCUT2D eigenvalue weighted by molar-refractivity contribution is -0.122. The largest absolute Gasteiger partial charge is 0.352 e. The van der Waals surface area contributed by atoms with Gasteiger partial charge in [0.15, 0.2) is 0 Å². The van der Waals surface area contributed by atoms with Gasteiger partial charge in [0.1, 0.15) is 0 Å². The highest BCUT2D eigenvalue weighted by atomic mass is 16.1. The van der Waals surface area contributed by atoms with Crippen molar-refractivity contribution in [3.8, 4) is 0 Å². The molecule has 4 heteroatoms. The van der Waals surface area contributed by atoms with Crippen LogP contribution >= 0.6 is 0 Å². The average Bonchev–Trinajstić information content (AvgIpc) is 2.53. The Bertz CT molecular complexity index is 293. The van der Waals surface area contributed by atoms with Crippen LogP contribution in [0.3, 0.4) is 0 Å². The molecule has 4 nitrogen and oxygen atoms in total. The topological polar surface area (TPSA) is 46.9 Å². The first-order valence-electron chi connectivity index (χ1n) is 5.34. The van der Waals surface area contributed by atoms with Crippen molar-refractivity contribution in [1.29, 1.82) is 0 Å². The molecule has 0 saturated carbocycles. The van der Waals surface area contributed by atoms with Gasteiger partial charge in [-0.25, -0.2) is 0 Å². The van der Waals surface area contributed by atoms with Crippen LogP contribution in [0.4, 0.5) is 0 Å². The van der Waals surface area contributed by atoms with Crippen LogP contribution in [0.1, 0.15) is 27.2 Å². The Kier molecular flexibility index (Phi) is 4.34. The Hall–Kier alpha value is -1.32. The average molecular weight is 209 g/mol. The molecule has 1 heterocycles. The molecule has 0 radical (unpaired) electrons. The van der Waals surface area contributed by atoms with Crippen LogP contribution < -0.4 is 5.32 Å². The summed E-state index contributed by atoms with van der Waals surface area (Å²) in [5.74, 6) is 0.520. The Morgan fingerprint density at radius 3 is 2.73 bits per heavy atom. The van der Waals surface area contributed by atoms with Gasteiger partial charge in [0.2, 0.25) is 5.91 Å². The lowest BCUT2D eigenvalue weighted by atomic mass is 10.1. The molecule has 0 bridgehead atoms. The molecule has 0 aliphatic heterocycles. The smallest absolute Gasteiger partial charge is 0.220 e. The number of rotatable bonds is 5. The zero-order chi connectivity index (χ0) is 11.3. The molecule has 1 aromatic heterocycles. The summed E-state index contributed by atoms with van der Waals surface area (Å²) in [7, 11) is 0. The minimum Gasteiger partial charge on any atom is -0.352 e. The molecule has 0 fully saturated rings. The lowest BCUT2D eigenvalue weighted by Gasteiger charge is -2.14. The first-order chi connectivity index (χ1) is 7.08. The van der Waals surface area contributed by atoms with E-state index < -0.39 is 0 Å². The molecule has 0 spiro atoms. The zero-order valence-corrected chi connectivity index (χ0v) is 9.60. The Labute approximate surface area is 90.7 Å². The maximum Gasteiger partial charge on any atom is 0.220 e. The highest BCUT2D eigenvalue weighted by Crippen LogP contribution is 1.99. The summed E-state index contributed by atoms with van der Waals surface area (Å²) in [4.78, 5) is 11.5. The summed E-state index contributed by atoms with van der Waals surface area (Å²) in [5, 5.41) is 7.04. The van der Waals surface area contributed by atoms with E-state index in [9.17, 15) is 4.79 Å². The van der Waals surface area contributed by atoms with E-state index in [1.165, 1.54) is 0 Å². The van der Waals surface area contributed by atoms with E-state index in [-0.39, 0.29) is 11.9 Å². The predicted octanol–water partition coefficient (Wildman–Crippen LogP) is 1.43. The third kappa shape index (κ3) is 4.63. The summed E-state index contributed by atoms with van der Waals surface area (Å²) in [6.45, 7) is 6.78. The molecule has 0 aromatic carbocycles. The van der Waals surface area contributed by atoms with Gasteiger partial charge in [0, 0.05) is 24.9 Å². The molecular formula is C11H19N3O. The predicted molar refractivity (Wildman–Crippen MR) is 59.3 cm³/mol. The molecule has 1 N–H and O–H groups in total. The van der Waals surface area contributed by atoms with Crippen LogP contribution in [0.2, 0.25) is 0 Å². The van der Waals surface area contributed by atoms with E-state index in [2.05, 4.69) is 10.4 Å². The van der Waals surface area contributed by atoms with E-state index in [1.807, 2.05) is 37.7 Å². The molecule has 0 aliphatic rings. The van der Waals surface area contributed by atoms with Gasteiger partial charge in [-0.05, 0) is 18.9 Å². The summed E-state index contributed by atoms with van der Waals surface area (Å²) in [6, 6.07) is 2.00. The van der Waals surface area contributed by atoms with Crippen LogP contribution in [-0.4, -0.2) is 21.7 Å². The Morgan fingerprint density at radius 1 is 1.47 bits per heavy atom. The van der Waals surface area contributed by atoms with Gasteiger partial charge in [0.25, 0.3) is 0 Å². The van der Waals surface area contributed by atoms with Crippen molar-refractivity contribution in [2.45, 2.75) is 39.8 Å². The van der Waals surface area contributed by atoms with Gasteiger partial charge >= 0.3 is 0 Å². The minimum atomic E-state index is 0.115. The quantitative estimate of drug-likeness (QED) is 0.797. The number of amides is 1. The van der Waals surface area contributed by atoms with E-state index in [0.29, 0.717) is 12.3 Å². The maximum atomic E-state index is 11.5. The van der Waals surface area contributed by atoms with E-state index in [4.69, 9.17) is 0 Å². The lowest BCUT2D eigenvalue weighted by Crippen LogP contribution is -2.36. The van der Waals surface area contributed by atoms with Crippen LogP contribution in [-0.2, 0) is 11.3 Å². The third-order valence-electron chi connectivity index (χ3n) is 2.02. The standard InChI is InChI=1S/C11H19N3O/c1-9(2)7-11(15)13-10(3)8-14-6-4-5-12-14/h4-6,9-10H,7-8H2,1-3H3,(H,13,15). The monoisotopic (exact) mass is 209 g/mol. The minimum absolute atomic E-state index is 0.115. The van der Waals surface area contributed by atoms with Crippen molar-refractivity contribution >= 4 is 5.91 Å². The summed E-state index contributed by atoms with van der Waals surface area (Å²) < 4.78 is 1.82.